The molecular formula is C22H28N2O5. The number of amides is 1. The van der Waals surface area contributed by atoms with Gasteiger partial charge in [0.15, 0.2) is 11.5 Å². The molecule has 3 N–H and O–H groups in total. The van der Waals surface area contributed by atoms with Gasteiger partial charge in [0.25, 0.3) is 0 Å². The second-order valence-electron chi connectivity index (χ2n) is 8.07. The van der Waals surface area contributed by atoms with Crippen LogP contribution in [0.4, 0.5) is 16.2 Å². The Balaban J connectivity index is 0.000000166. The van der Waals surface area contributed by atoms with Crippen LogP contribution in [0.3, 0.4) is 0 Å². The number of β-amino-alcohol motifs (C(OH)–C–C–N with tert-alkyl or cyclic N) is 1. The Kier molecular flexibility index (Phi) is 6.30. The molecule has 2 atom stereocenters. The van der Waals surface area contributed by atoms with Crippen LogP contribution in [0, 0.1) is 0 Å². The molecule has 2 heterocycles. The fourth-order valence-electron chi connectivity index (χ4n) is 2.99. The number of rotatable bonds is 0. The minimum atomic E-state index is -0.869. The summed E-state index contributed by atoms with van der Waals surface area (Å²) < 4.78 is 10.9. The quantitative estimate of drug-likeness (QED) is 0.530. The number of nitrogens with zero attached hydrogens (tertiary/aromatic N) is 1. The maximum Gasteiger partial charge on any atom is 0.410 e. The molecule has 29 heavy (non-hydrogen) atoms. The number of fused-ring (bicyclic) bond motifs is 2. The molecular weight excluding hydrogens is 372 g/mol. The van der Waals surface area contributed by atoms with Gasteiger partial charge in [-0.05, 0) is 51.5 Å². The van der Waals surface area contributed by atoms with E-state index in [9.17, 15) is 15.0 Å². The van der Waals surface area contributed by atoms with Crippen molar-refractivity contribution >= 4 is 17.5 Å². The van der Waals surface area contributed by atoms with Crippen molar-refractivity contribution in [3.63, 3.8) is 0 Å². The lowest BCUT2D eigenvalue weighted by atomic mass is 10.1. The van der Waals surface area contributed by atoms with Crippen molar-refractivity contribution in [1.82, 2.24) is 4.90 Å². The molecule has 1 fully saturated rings. The maximum atomic E-state index is 11.6. The van der Waals surface area contributed by atoms with Crippen LogP contribution in [0.25, 0.3) is 0 Å². The average molecular weight is 400 g/mol. The van der Waals surface area contributed by atoms with Gasteiger partial charge in [-0.15, -0.1) is 0 Å². The number of nitrogens with one attached hydrogen (secondary N) is 1. The van der Waals surface area contributed by atoms with E-state index in [4.69, 9.17) is 9.47 Å². The summed E-state index contributed by atoms with van der Waals surface area (Å²) >= 11 is 0. The van der Waals surface area contributed by atoms with Crippen molar-refractivity contribution in [3.05, 3.63) is 48.5 Å². The summed E-state index contributed by atoms with van der Waals surface area (Å²) in [4.78, 5) is 13.0. The third-order valence-corrected chi connectivity index (χ3v) is 4.46. The smallest absolute Gasteiger partial charge is 0.410 e. The van der Waals surface area contributed by atoms with Gasteiger partial charge in [-0.2, -0.15) is 0 Å². The fraction of sp³-hybridized carbons (Fsp3) is 0.409. The van der Waals surface area contributed by atoms with Crippen LogP contribution in [0.1, 0.15) is 27.2 Å². The molecule has 7 nitrogen and oxygen atoms in total. The predicted molar refractivity (Wildman–Crippen MR) is 111 cm³/mol. The maximum absolute atomic E-state index is 11.6. The van der Waals surface area contributed by atoms with Gasteiger partial charge in [0.2, 0.25) is 0 Å². The van der Waals surface area contributed by atoms with Gasteiger partial charge in [-0.3, -0.25) is 0 Å². The molecule has 0 bridgehead atoms. The number of benzene rings is 2. The van der Waals surface area contributed by atoms with Gasteiger partial charge >= 0.3 is 6.09 Å². The number of likely N-dealkylation sites (tertiary alicyclic amines) is 1. The zero-order valence-electron chi connectivity index (χ0n) is 17.0. The summed E-state index contributed by atoms with van der Waals surface area (Å²) in [5.41, 5.74) is 1.51. The lowest BCUT2D eigenvalue weighted by molar-refractivity contribution is -0.0468. The van der Waals surface area contributed by atoms with Crippen molar-refractivity contribution in [2.45, 2.75) is 45.0 Å². The summed E-state index contributed by atoms with van der Waals surface area (Å²) in [5.74, 6) is 1.76. The van der Waals surface area contributed by atoms with Gasteiger partial charge in [0.1, 0.15) is 5.60 Å². The summed E-state index contributed by atoms with van der Waals surface area (Å²) in [6.45, 7) is 5.93. The molecule has 0 saturated carbocycles. The van der Waals surface area contributed by atoms with E-state index in [1.807, 2.05) is 48.5 Å². The van der Waals surface area contributed by atoms with Crippen LogP contribution >= 0.6 is 0 Å². The van der Waals surface area contributed by atoms with E-state index in [1.54, 1.807) is 20.8 Å². The molecule has 1 saturated heterocycles. The summed E-state index contributed by atoms with van der Waals surface area (Å²) in [6, 6.07) is 15.8. The fourth-order valence-corrected chi connectivity index (χ4v) is 2.99. The minimum absolute atomic E-state index is 0.135. The van der Waals surface area contributed by atoms with Crippen LogP contribution in [0.2, 0.25) is 0 Å². The van der Waals surface area contributed by atoms with Crippen LogP contribution in [0.5, 0.6) is 11.5 Å². The molecule has 2 unspecified atom stereocenters. The molecule has 2 aromatic rings. The van der Waals surface area contributed by atoms with Gasteiger partial charge in [0, 0.05) is 6.54 Å². The van der Waals surface area contributed by atoms with Crippen molar-refractivity contribution in [2.24, 2.45) is 0 Å². The lowest BCUT2D eigenvalue weighted by Gasteiger charge is -2.34. The number of piperidine rings is 1. The van der Waals surface area contributed by atoms with E-state index in [2.05, 4.69) is 5.32 Å². The Bertz CT molecular complexity index is 762. The molecule has 2 aliphatic rings. The lowest BCUT2D eigenvalue weighted by Crippen LogP contribution is -2.50. The van der Waals surface area contributed by atoms with E-state index < -0.39 is 23.9 Å². The Morgan fingerprint density at radius 1 is 1.03 bits per heavy atom. The molecule has 2 aromatic carbocycles. The number of aliphatic hydroxyl groups excluding tert-OH is 2. The number of hydrogen-bond acceptors (Lipinski definition) is 6. The molecule has 0 aliphatic carbocycles. The number of para-hydroxylation sites is 4. The first-order valence-corrected chi connectivity index (χ1v) is 9.70. The van der Waals surface area contributed by atoms with Crippen molar-refractivity contribution in [3.8, 4) is 11.5 Å². The first-order chi connectivity index (χ1) is 13.7. The monoisotopic (exact) mass is 400 g/mol. The highest BCUT2D eigenvalue weighted by molar-refractivity contribution is 5.75. The van der Waals surface area contributed by atoms with Crippen LogP contribution in [-0.4, -0.2) is 52.1 Å². The molecule has 0 radical (unpaired) electrons. The van der Waals surface area contributed by atoms with Gasteiger partial charge in [-0.1, -0.05) is 24.3 Å². The first-order valence-electron chi connectivity index (χ1n) is 9.70. The topological polar surface area (TPSA) is 91.3 Å². The zero-order chi connectivity index (χ0) is 21.0. The summed E-state index contributed by atoms with van der Waals surface area (Å²) in [7, 11) is 0. The van der Waals surface area contributed by atoms with Gasteiger partial charge < -0.3 is 29.9 Å². The average Bonchev–Trinajstić information content (AvgIpc) is 2.67. The third-order valence-electron chi connectivity index (χ3n) is 4.46. The molecule has 156 valence electrons. The Labute approximate surface area is 170 Å². The molecule has 0 aromatic heterocycles. The van der Waals surface area contributed by atoms with E-state index in [0.29, 0.717) is 13.0 Å². The Hall–Kier alpha value is -2.77. The van der Waals surface area contributed by atoms with E-state index in [-0.39, 0.29) is 6.54 Å². The van der Waals surface area contributed by atoms with Gasteiger partial charge in [-0.25, -0.2) is 4.79 Å². The van der Waals surface area contributed by atoms with Crippen LogP contribution in [-0.2, 0) is 4.74 Å². The van der Waals surface area contributed by atoms with E-state index in [0.717, 1.165) is 22.9 Å². The number of carbonyl (C=O) groups is 1. The largest absolute Gasteiger partial charge is 0.453 e. The highest BCUT2D eigenvalue weighted by Gasteiger charge is 2.31. The van der Waals surface area contributed by atoms with Crippen molar-refractivity contribution in [2.75, 3.05) is 18.4 Å². The standard InChI is InChI=1S/C12H9NO.C10H19NO4/c1-3-7-11-9(5-1)13-10-6-2-4-8-12(10)14-11;1-10(2,3)15-9(14)11-5-4-7(12)8(13)6-11/h1-8,13H;7-8,12-13H,4-6H2,1-3H3. The summed E-state index contributed by atoms with van der Waals surface area (Å²) in [6.07, 6.45) is -1.65. The van der Waals surface area contributed by atoms with Crippen LogP contribution < -0.4 is 10.1 Å². The predicted octanol–water partition coefficient (Wildman–Crippen LogP) is 3.88. The SMILES string of the molecule is CC(C)(C)OC(=O)N1CCC(O)C(O)C1.c1ccc2c(c1)Nc1ccccc1O2. The summed E-state index contributed by atoms with van der Waals surface area (Å²) in [5, 5.41) is 22.0. The third kappa shape index (κ3) is 5.62. The highest BCUT2D eigenvalue weighted by atomic mass is 16.6. The molecule has 2 aliphatic heterocycles. The second-order valence-corrected chi connectivity index (χ2v) is 8.07. The Morgan fingerprint density at radius 3 is 2.10 bits per heavy atom. The highest BCUT2D eigenvalue weighted by Crippen LogP contribution is 2.40. The number of aliphatic hydroxyl groups is 2. The normalized spacial score (nSPS) is 20.1. The second kappa shape index (κ2) is 8.71. The van der Waals surface area contributed by atoms with Crippen molar-refractivity contribution < 1.29 is 24.5 Å². The number of anilines is 2. The first kappa shape index (κ1) is 21.0. The molecule has 4 rings (SSSR count). The van der Waals surface area contributed by atoms with Crippen molar-refractivity contribution in [1.29, 1.82) is 0 Å². The van der Waals surface area contributed by atoms with E-state index >= 15 is 0 Å². The molecule has 1 amide bonds. The number of ether oxygens (including phenoxy) is 2. The number of carbonyl (C=O) groups excluding carboxylic acids is 1. The van der Waals surface area contributed by atoms with E-state index in [1.165, 1.54) is 4.90 Å². The molecule has 0 spiro atoms. The minimum Gasteiger partial charge on any atom is -0.453 e. The van der Waals surface area contributed by atoms with Gasteiger partial charge in [0.05, 0.1) is 30.1 Å². The zero-order valence-corrected chi connectivity index (χ0v) is 17.0. The number of hydrogen-bond donors (Lipinski definition) is 3. The van der Waals surface area contributed by atoms with Crippen LogP contribution in [0.15, 0.2) is 48.5 Å². The Morgan fingerprint density at radius 2 is 1.59 bits per heavy atom. The molecule has 7 heteroatoms.